The fourth-order valence-corrected chi connectivity index (χ4v) is 2.25. The molecule has 1 amide bonds. The van der Waals surface area contributed by atoms with Crippen molar-refractivity contribution in [1.82, 2.24) is 15.2 Å². The van der Waals surface area contributed by atoms with Crippen molar-refractivity contribution in [2.24, 2.45) is 0 Å². The Kier molecular flexibility index (Phi) is 3.11. The molecule has 0 aliphatic heterocycles. The van der Waals surface area contributed by atoms with Gasteiger partial charge in [-0.05, 0) is 6.92 Å². The summed E-state index contributed by atoms with van der Waals surface area (Å²) >= 11 is 2.65. The van der Waals surface area contributed by atoms with Gasteiger partial charge in [-0.3, -0.25) is 4.79 Å². The molecule has 2 aromatic rings. The molecule has 0 unspecified atom stereocenters. The van der Waals surface area contributed by atoms with E-state index < -0.39 is 0 Å². The van der Waals surface area contributed by atoms with E-state index in [4.69, 9.17) is 5.73 Å². The molecule has 0 fully saturated rings. The predicted octanol–water partition coefficient (Wildman–Crippen LogP) is 1.07. The third kappa shape index (κ3) is 2.74. The van der Waals surface area contributed by atoms with E-state index in [0.717, 1.165) is 5.01 Å². The number of anilines is 2. The van der Waals surface area contributed by atoms with Crippen LogP contribution in [0.1, 0.15) is 10.7 Å². The zero-order valence-corrected chi connectivity index (χ0v) is 10.1. The number of carbonyl (C=O) groups is 1. The van der Waals surface area contributed by atoms with Crippen LogP contribution in [0.15, 0.2) is 5.38 Å². The van der Waals surface area contributed by atoms with Crippen LogP contribution < -0.4 is 11.1 Å². The van der Waals surface area contributed by atoms with Crippen LogP contribution in [0.3, 0.4) is 0 Å². The van der Waals surface area contributed by atoms with Gasteiger partial charge in [-0.2, -0.15) is 0 Å². The molecule has 0 bridgehead atoms. The second-order valence-electron chi connectivity index (χ2n) is 3.03. The Balaban J connectivity index is 1.94. The van der Waals surface area contributed by atoms with E-state index in [9.17, 15) is 4.79 Å². The first kappa shape index (κ1) is 11.0. The summed E-state index contributed by atoms with van der Waals surface area (Å²) in [6, 6.07) is 0. The molecule has 0 aliphatic carbocycles. The first-order valence-electron chi connectivity index (χ1n) is 4.43. The Morgan fingerprint density at radius 3 is 2.94 bits per heavy atom. The lowest BCUT2D eigenvalue weighted by molar-refractivity contribution is -0.115. The van der Waals surface area contributed by atoms with E-state index in [-0.39, 0.29) is 12.3 Å². The molecule has 8 heteroatoms. The number of thiazole rings is 1. The largest absolute Gasteiger partial charge is 0.375 e. The van der Waals surface area contributed by atoms with Crippen molar-refractivity contribution in [1.29, 1.82) is 0 Å². The van der Waals surface area contributed by atoms with Crippen LogP contribution in [0.2, 0.25) is 0 Å². The number of rotatable bonds is 3. The fourth-order valence-electron chi connectivity index (χ4n) is 1.08. The van der Waals surface area contributed by atoms with Gasteiger partial charge in [0.25, 0.3) is 0 Å². The molecule has 84 valence electrons. The molecule has 0 saturated carbocycles. The first-order chi connectivity index (χ1) is 7.63. The summed E-state index contributed by atoms with van der Waals surface area (Å²) in [5.74, 6) is -0.165. The zero-order chi connectivity index (χ0) is 11.5. The third-order valence-corrected chi connectivity index (χ3v) is 3.16. The summed E-state index contributed by atoms with van der Waals surface area (Å²) in [7, 11) is 0. The Hall–Kier alpha value is -1.54. The Bertz CT molecular complexity index is 462. The minimum atomic E-state index is -0.165. The Morgan fingerprint density at radius 2 is 2.38 bits per heavy atom. The van der Waals surface area contributed by atoms with Gasteiger partial charge in [-0.25, -0.2) is 4.98 Å². The number of nitrogens with one attached hydrogen (secondary N) is 1. The average molecular weight is 255 g/mol. The summed E-state index contributed by atoms with van der Waals surface area (Å²) in [6.07, 6.45) is 0.201. The molecule has 0 spiro atoms. The van der Waals surface area contributed by atoms with Crippen LogP contribution in [-0.2, 0) is 11.2 Å². The van der Waals surface area contributed by atoms with E-state index in [0.29, 0.717) is 16.0 Å². The van der Waals surface area contributed by atoms with Gasteiger partial charge >= 0.3 is 0 Å². The normalized spacial score (nSPS) is 10.3. The highest BCUT2D eigenvalue weighted by molar-refractivity contribution is 7.15. The van der Waals surface area contributed by atoms with E-state index in [1.54, 1.807) is 5.38 Å². The van der Waals surface area contributed by atoms with E-state index >= 15 is 0 Å². The average Bonchev–Trinajstić information content (AvgIpc) is 2.76. The van der Waals surface area contributed by atoms with Crippen molar-refractivity contribution >= 4 is 38.8 Å². The Morgan fingerprint density at radius 1 is 1.56 bits per heavy atom. The van der Waals surface area contributed by atoms with Gasteiger partial charge < -0.3 is 11.1 Å². The van der Waals surface area contributed by atoms with Gasteiger partial charge in [0, 0.05) is 5.38 Å². The lowest BCUT2D eigenvalue weighted by atomic mass is 10.3. The van der Waals surface area contributed by atoms with Crippen LogP contribution in [0, 0.1) is 6.92 Å². The van der Waals surface area contributed by atoms with Crippen LogP contribution in [0.25, 0.3) is 0 Å². The van der Waals surface area contributed by atoms with E-state index in [1.165, 1.54) is 22.7 Å². The molecule has 2 rings (SSSR count). The molecule has 0 radical (unpaired) electrons. The van der Waals surface area contributed by atoms with Crippen molar-refractivity contribution in [2.45, 2.75) is 13.3 Å². The minimum absolute atomic E-state index is 0.165. The smallest absolute Gasteiger partial charge is 0.232 e. The van der Waals surface area contributed by atoms with Crippen molar-refractivity contribution < 1.29 is 4.79 Å². The highest BCUT2D eigenvalue weighted by Crippen LogP contribution is 2.15. The molecule has 6 nitrogen and oxygen atoms in total. The summed E-state index contributed by atoms with van der Waals surface area (Å²) in [5, 5.41) is 13.8. The maximum absolute atomic E-state index is 11.6. The summed E-state index contributed by atoms with van der Waals surface area (Å²) in [4.78, 5) is 15.6. The lowest BCUT2D eigenvalue weighted by Gasteiger charge is -1.97. The highest BCUT2D eigenvalue weighted by Gasteiger charge is 2.09. The molecule has 16 heavy (non-hydrogen) atoms. The van der Waals surface area contributed by atoms with E-state index in [1.807, 2.05) is 6.92 Å². The number of nitrogens with zero attached hydrogens (tertiary/aromatic N) is 3. The number of amides is 1. The minimum Gasteiger partial charge on any atom is -0.375 e. The highest BCUT2D eigenvalue weighted by atomic mass is 32.1. The lowest BCUT2D eigenvalue weighted by Crippen LogP contribution is -2.14. The first-order valence-corrected chi connectivity index (χ1v) is 6.13. The van der Waals surface area contributed by atoms with Gasteiger partial charge in [-0.1, -0.05) is 11.3 Å². The molecule has 0 aromatic carbocycles. The Labute approximate surface area is 99.5 Å². The number of aryl methyl sites for hydroxylation is 1. The molecular formula is C8H9N5OS2. The number of hydrogen-bond donors (Lipinski definition) is 2. The van der Waals surface area contributed by atoms with Crippen molar-refractivity contribution in [3.05, 3.63) is 16.1 Å². The zero-order valence-electron chi connectivity index (χ0n) is 8.43. The second-order valence-corrected chi connectivity index (χ2v) is 5.10. The second kappa shape index (κ2) is 4.54. The molecule has 0 atom stereocenters. The molecule has 0 saturated heterocycles. The third-order valence-electron chi connectivity index (χ3n) is 1.68. The molecule has 3 N–H and O–H groups in total. The van der Waals surface area contributed by atoms with Crippen LogP contribution in [-0.4, -0.2) is 21.1 Å². The molecule has 2 heterocycles. The van der Waals surface area contributed by atoms with Crippen molar-refractivity contribution in [3.8, 4) is 0 Å². The van der Waals surface area contributed by atoms with Gasteiger partial charge in [-0.15, -0.1) is 21.5 Å². The monoisotopic (exact) mass is 255 g/mol. The van der Waals surface area contributed by atoms with Crippen LogP contribution >= 0.6 is 22.7 Å². The van der Waals surface area contributed by atoms with Gasteiger partial charge in [0.05, 0.1) is 12.1 Å². The molecule has 0 aliphatic rings. The van der Waals surface area contributed by atoms with Crippen LogP contribution in [0.4, 0.5) is 10.3 Å². The van der Waals surface area contributed by atoms with Gasteiger partial charge in [0.1, 0.15) is 5.01 Å². The summed E-state index contributed by atoms with van der Waals surface area (Å²) in [5.41, 5.74) is 6.13. The number of nitrogen functional groups attached to an aromatic ring is 1. The summed E-state index contributed by atoms with van der Waals surface area (Å²) < 4.78 is 0. The maximum Gasteiger partial charge on any atom is 0.232 e. The number of hydrogen-bond acceptors (Lipinski definition) is 7. The quantitative estimate of drug-likeness (QED) is 0.855. The van der Waals surface area contributed by atoms with Crippen LogP contribution in [0.5, 0.6) is 0 Å². The van der Waals surface area contributed by atoms with Crippen molar-refractivity contribution in [3.63, 3.8) is 0 Å². The van der Waals surface area contributed by atoms with Gasteiger partial charge in [0.2, 0.25) is 11.0 Å². The SMILES string of the molecule is Cc1nnc(NC(=O)Cc2csc(N)n2)s1. The maximum atomic E-state index is 11.6. The number of carbonyl (C=O) groups excluding carboxylic acids is 1. The topological polar surface area (TPSA) is 93.8 Å². The predicted molar refractivity (Wildman–Crippen MR) is 63.5 cm³/mol. The number of aromatic nitrogens is 3. The summed E-state index contributed by atoms with van der Waals surface area (Å²) in [6.45, 7) is 1.83. The molecule has 2 aromatic heterocycles. The van der Waals surface area contributed by atoms with Crippen molar-refractivity contribution in [2.75, 3.05) is 11.1 Å². The molecular weight excluding hydrogens is 246 g/mol. The van der Waals surface area contributed by atoms with Gasteiger partial charge in [0.15, 0.2) is 5.13 Å². The van der Waals surface area contributed by atoms with E-state index in [2.05, 4.69) is 20.5 Å². The fraction of sp³-hybridized carbons (Fsp3) is 0.250. The standard InChI is InChI=1S/C8H9N5OS2/c1-4-12-13-8(16-4)11-6(14)2-5-3-15-7(9)10-5/h3H,2H2,1H3,(H2,9,10)(H,11,13,14). The number of nitrogens with two attached hydrogens (primary N) is 1.